The summed E-state index contributed by atoms with van der Waals surface area (Å²) in [6, 6.07) is 17.8. The Bertz CT molecular complexity index is 1120. The van der Waals surface area contributed by atoms with Crippen molar-refractivity contribution in [3.8, 4) is 11.3 Å². The smallest absolute Gasteiger partial charge is 0.0763 e. The number of nitrogens with zero attached hydrogens (tertiary/aromatic N) is 1. The van der Waals surface area contributed by atoms with Crippen molar-refractivity contribution in [2.75, 3.05) is 5.73 Å². The van der Waals surface area contributed by atoms with E-state index in [0.29, 0.717) is 0 Å². The van der Waals surface area contributed by atoms with E-state index in [-0.39, 0.29) is 0 Å². The number of aromatic nitrogens is 1. The van der Waals surface area contributed by atoms with Crippen LogP contribution >= 0.6 is 22.9 Å². The molecule has 3 nitrogen and oxygen atoms in total. The fourth-order valence-corrected chi connectivity index (χ4v) is 4.56. The third-order valence-corrected chi connectivity index (χ3v) is 6.12. The molecule has 0 amide bonds. The van der Waals surface area contributed by atoms with Crippen molar-refractivity contribution < 1.29 is 5.11 Å². The SMILES string of the molecule is CC(O)c1ccnc(-c2cccc3cc(Cc4cc(N)ccc4Cl)sc23)c1. The highest BCUT2D eigenvalue weighted by atomic mass is 35.5. The van der Waals surface area contributed by atoms with E-state index in [0.717, 1.165) is 39.5 Å². The molecule has 1 atom stereocenters. The first-order valence-electron chi connectivity index (χ1n) is 8.71. The number of hydrogen-bond donors (Lipinski definition) is 2. The van der Waals surface area contributed by atoms with Crippen LogP contribution in [0.5, 0.6) is 0 Å². The van der Waals surface area contributed by atoms with Gasteiger partial charge < -0.3 is 10.8 Å². The number of nitrogen functional groups attached to an aromatic ring is 1. The van der Waals surface area contributed by atoms with Crippen molar-refractivity contribution in [2.24, 2.45) is 0 Å². The minimum atomic E-state index is -0.518. The van der Waals surface area contributed by atoms with Crippen LogP contribution in [0.2, 0.25) is 5.02 Å². The molecule has 2 aromatic heterocycles. The van der Waals surface area contributed by atoms with Crippen LogP contribution in [-0.2, 0) is 6.42 Å². The highest BCUT2D eigenvalue weighted by Gasteiger charge is 2.12. The first-order valence-corrected chi connectivity index (χ1v) is 9.90. The quantitative estimate of drug-likeness (QED) is 0.427. The molecule has 2 aromatic carbocycles. The molecular weight excluding hydrogens is 376 g/mol. The molecule has 136 valence electrons. The summed E-state index contributed by atoms with van der Waals surface area (Å²) < 4.78 is 1.18. The largest absolute Gasteiger partial charge is 0.399 e. The number of halogens is 1. The Morgan fingerprint density at radius 1 is 1.15 bits per heavy atom. The van der Waals surface area contributed by atoms with Gasteiger partial charge in [0.2, 0.25) is 0 Å². The Hall–Kier alpha value is -2.40. The normalized spacial score (nSPS) is 12.4. The Morgan fingerprint density at radius 3 is 2.81 bits per heavy atom. The summed E-state index contributed by atoms with van der Waals surface area (Å²) in [5, 5.41) is 11.8. The number of benzene rings is 2. The number of thiophene rings is 1. The molecule has 0 saturated heterocycles. The van der Waals surface area contributed by atoms with E-state index < -0.39 is 6.10 Å². The van der Waals surface area contributed by atoms with Crippen LogP contribution < -0.4 is 5.73 Å². The number of rotatable bonds is 4. The van der Waals surface area contributed by atoms with E-state index in [1.807, 2.05) is 36.4 Å². The van der Waals surface area contributed by atoms with Crippen molar-refractivity contribution in [1.82, 2.24) is 4.98 Å². The van der Waals surface area contributed by atoms with Crippen molar-refractivity contribution in [3.63, 3.8) is 0 Å². The molecule has 0 radical (unpaired) electrons. The number of hydrogen-bond acceptors (Lipinski definition) is 4. The topological polar surface area (TPSA) is 59.1 Å². The molecule has 0 aliphatic rings. The van der Waals surface area contributed by atoms with Crippen LogP contribution in [0.4, 0.5) is 5.69 Å². The molecule has 1 unspecified atom stereocenters. The fourth-order valence-electron chi connectivity index (χ4n) is 3.18. The van der Waals surface area contributed by atoms with Crippen molar-refractivity contribution in [2.45, 2.75) is 19.4 Å². The third kappa shape index (κ3) is 3.69. The summed E-state index contributed by atoms with van der Waals surface area (Å²) in [5.41, 5.74) is 10.5. The molecule has 0 saturated carbocycles. The maximum atomic E-state index is 9.88. The Kier molecular flexibility index (Phi) is 4.87. The standard InChI is InChI=1S/C22H19ClN2OS/c1-13(26)14-7-8-25-21(12-14)19-4-2-3-15-10-18(27-22(15)19)11-16-9-17(24)5-6-20(16)23/h2-10,12-13,26H,11,24H2,1H3. The maximum absolute atomic E-state index is 9.88. The van der Waals surface area contributed by atoms with Crippen LogP contribution in [-0.4, -0.2) is 10.1 Å². The summed E-state index contributed by atoms with van der Waals surface area (Å²) in [7, 11) is 0. The average Bonchev–Trinajstić information content (AvgIpc) is 3.07. The molecule has 0 aliphatic carbocycles. The molecule has 0 fully saturated rings. The van der Waals surface area contributed by atoms with Crippen LogP contribution in [0.25, 0.3) is 21.3 Å². The van der Waals surface area contributed by atoms with Gasteiger partial charge in [-0.1, -0.05) is 29.8 Å². The van der Waals surface area contributed by atoms with E-state index >= 15 is 0 Å². The minimum absolute atomic E-state index is 0.518. The Labute approximate surface area is 167 Å². The monoisotopic (exact) mass is 394 g/mol. The lowest BCUT2D eigenvalue weighted by molar-refractivity contribution is 0.199. The number of pyridine rings is 1. The van der Waals surface area contributed by atoms with E-state index in [2.05, 4.69) is 23.2 Å². The number of anilines is 1. The third-order valence-electron chi connectivity index (χ3n) is 4.57. The maximum Gasteiger partial charge on any atom is 0.0763 e. The van der Waals surface area contributed by atoms with Crippen molar-refractivity contribution in [1.29, 1.82) is 0 Å². The molecule has 3 N–H and O–H groups in total. The predicted octanol–water partition coefficient (Wildman–Crippen LogP) is 5.84. The molecule has 4 aromatic rings. The number of aliphatic hydroxyl groups excluding tert-OH is 1. The van der Waals surface area contributed by atoms with Gasteiger partial charge in [0.15, 0.2) is 0 Å². The average molecular weight is 395 g/mol. The summed E-state index contributed by atoms with van der Waals surface area (Å²) in [6.07, 6.45) is 1.97. The summed E-state index contributed by atoms with van der Waals surface area (Å²) >= 11 is 8.07. The second-order valence-corrected chi connectivity index (χ2v) is 8.16. The van der Waals surface area contributed by atoms with Gasteiger partial charge in [-0.3, -0.25) is 4.98 Å². The molecule has 0 aliphatic heterocycles. The predicted molar refractivity (Wildman–Crippen MR) is 114 cm³/mol. The van der Waals surface area contributed by atoms with Gasteiger partial charge in [-0.05, 0) is 59.8 Å². The van der Waals surface area contributed by atoms with Crippen LogP contribution in [0.15, 0.2) is 60.8 Å². The second kappa shape index (κ2) is 7.31. The summed E-state index contributed by atoms with van der Waals surface area (Å²) in [4.78, 5) is 5.74. The molecule has 4 rings (SSSR count). The van der Waals surface area contributed by atoms with E-state index in [1.54, 1.807) is 24.5 Å². The van der Waals surface area contributed by atoms with Crippen LogP contribution in [0.1, 0.15) is 29.0 Å². The second-order valence-electron chi connectivity index (χ2n) is 6.61. The van der Waals surface area contributed by atoms with Crippen LogP contribution in [0, 0.1) is 0 Å². The van der Waals surface area contributed by atoms with Gasteiger partial charge in [-0.25, -0.2) is 0 Å². The van der Waals surface area contributed by atoms with E-state index in [4.69, 9.17) is 17.3 Å². The van der Waals surface area contributed by atoms with Crippen molar-refractivity contribution in [3.05, 3.63) is 81.8 Å². The van der Waals surface area contributed by atoms with Crippen molar-refractivity contribution >= 4 is 38.7 Å². The molecule has 27 heavy (non-hydrogen) atoms. The summed E-state index contributed by atoms with van der Waals surface area (Å²) in [5.74, 6) is 0. The van der Waals surface area contributed by atoms with Gasteiger partial charge in [-0.2, -0.15) is 0 Å². The zero-order valence-corrected chi connectivity index (χ0v) is 16.4. The Balaban J connectivity index is 1.76. The van der Waals surface area contributed by atoms with E-state index in [9.17, 15) is 5.11 Å². The number of fused-ring (bicyclic) bond motifs is 1. The lowest BCUT2D eigenvalue weighted by atomic mass is 10.0. The highest BCUT2D eigenvalue weighted by Crippen LogP contribution is 2.36. The highest BCUT2D eigenvalue weighted by molar-refractivity contribution is 7.19. The number of aliphatic hydroxyl groups is 1. The van der Waals surface area contributed by atoms with Gasteiger partial charge in [-0.15, -0.1) is 11.3 Å². The van der Waals surface area contributed by atoms with Gasteiger partial charge in [0.1, 0.15) is 0 Å². The van der Waals surface area contributed by atoms with Gasteiger partial charge in [0.25, 0.3) is 0 Å². The lowest BCUT2D eigenvalue weighted by Gasteiger charge is -2.07. The van der Waals surface area contributed by atoms with E-state index in [1.165, 1.54) is 15.0 Å². The molecule has 0 bridgehead atoms. The fraction of sp³-hybridized carbons (Fsp3) is 0.136. The molecule has 2 heterocycles. The Morgan fingerprint density at radius 2 is 2.00 bits per heavy atom. The van der Waals surface area contributed by atoms with Gasteiger partial charge in [0, 0.05) is 38.5 Å². The summed E-state index contributed by atoms with van der Waals surface area (Å²) in [6.45, 7) is 1.76. The van der Waals surface area contributed by atoms with Gasteiger partial charge in [0.05, 0.1) is 11.8 Å². The lowest BCUT2D eigenvalue weighted by Crippen LogP contribution is -1.93. The first-order chi connectivity index (χ1) is 13.0. The zero-order valence-electron chi connectivity index (χ0n) is 14.8. The van der Waals surface area contributed by atoms with Crippen LogP contribution in [0.3, 0.4) is 0 Å². The number of nitrogens with two attached hydrogens (primary N) is 1. The molecule has 0 spiro atoms. The minimum Gasteiger partial charge on any atom is -0.399 e. The molecule has 5 heteroatoms. The first kappa shape index (κ1) is 18.0. The zero-order chi connectivity index (χ0) is 19.0. The van der Waals surface area contributed by atoms with Gasteiger partial charge >= 0.3 is 0 Å². The molecular formula is C22H19ClN2OS.